The van der Waals surface area contributed by atoms with Gasteiger partial charge in [0.05, 0.1) is 0 Å². The molecule has 1 aliphatic carbocycles. The van der Waals surface area contributed by atoms with Crippen LogP contribution in [-0.4, -0.2) is 29.0 Å². The number of ether oxygens (including phenoxy) is 2. The minimum Gasteiger partial charge on any atom is -0.486 e. The van der Waals surface area contributed by atoms with Gasteiger partial charge in [-0.05, 0) is 59.7 Å². The molecular formula is C26H26N2O3. The molecule has 0 fully saturated rings. The van der Waals surface area contributed by atoms with Gasteiger partial charge in [0.15, 0.2) is 11.5 Å². The van der Waals surface area contributed by atoms with Gasteiger partial charge in [-0.2, -0.15) is 0 Å². The summed E-state index contributed by atoms with van der Waals surface area (Å²) in [6.07, 6.45) is 6.24. The third-order valence-electron chi connectivity index (χ3n) is 6.08. The van der Waals surface area contributed by atoms with Crippen molar-refractivity contribution < 1.29 is 14.3 Å². The minimum absolute atomic E-state index is 0.00350. The fourth-order valence-corrected chi connectivity index (χ4v) is 4.50. The number of rotatable bonds is 5. The van der Waals surface area contributed by atoms with E-state index in [-0.39, 0.29) is 11.8 Å². The molecule has 2 heterocycles. The van der Waals surface area contributed by atoms with Crippen LogP contribution in [-0.2, 0) is 30.7 Å². The van der Waals surface area contributed by atoms with Gasteiger partial charge in [0.2, 0.25) is 5.91 Å². The standard InChI is InChI=1S/C26H26N2O3/c29-26(23-9-8-21-5-1-2-6-22(21)15-23)28(18-20-4-3-11-27-16-20)17-19-7-10-24-25(14-19)31-13-12-30-24/h1-7,10-11,14,16,23H,8-9,12-13,15,17-18H2/t23-/m0/s1. The monoisotopic (exact) mass is 414 g/mol. The molecule has 2 aliphatic rings. The first-order valence-corrected chi connectivity index (χ1v) is 10.9. The van der Waals surface area contributed by atoms with Crippen LogP contribution in [0.15, 0.2) is 67.0 Å². The molecule has 31 heavy (non-hydrogen) atoms. The van der Waals surface area contributed by atoms with Crippen molar-refractivity contribution in [2.45, 2.75) is 32.4 Å². The second-order valence-electron chi connectivity index (χ2n) is 8.24. The number of hydrogen-bond donors (Lipinski definition) is 0. The molecule has 5 heteroatoms. The Morgan fingerprint density at radius 1 is 0.935 bits per heavy atom. The van der Waals surface area contributed by atoms with Crippen molar-refractivity contribution in [3.05, 3.63) is 89.2 Å². The van der Waals surface area contributed by atoms with Gasteiger partial charge in [-0.1, -0.05) is 36.4 Å². The van der Waals surface area contributed by atoms with E-state index in [0.29, 0.717) is 26.3 Å². The topological polar surface area (TPSA) is 51.7 Å². The van der Waals surface area contributed by atoms with Gasteiger partial charge in [0.1, 0.15) is 13.2 Å². The zero-order valence-electron chi connectivity index (χ0n) is 17.5. The molecule has 1 aromatic heterocycles. The summed E-state index contributed by atoms with van der Waals surface area (Å²) in [6, 6.07) is 18.4. The highest BCUT2D eigenvalue weighted by molar-refractivity contribution is 5.79. The number of benzene rings is 2. The van der Waals surface area contributed by atoms with Crippen LogP contribution in [0, 0.1) is 5.92 Å². The number of amides is 1. The Morgan fingerprint density at radius 3 is 2.58 bits per heavy atom. The molecule has 1 aliphatic heterocycles. The smallest absolute Gasteiger partial charge is 0.226 e. The van der Waals surface area contributed by atoms with Crippen LogP contribution >= 0.6 is 0 Å². The minimum atomic E-state index is 0.00350. The van der Waals surface area contributed by atoms with E-state index >= 15 is 0 Å². The summed E-state index contributed by atoms with van der Waals surface area (Å²) in [5.41, 5.74) is 4.74. The molecule has 0 saturated heterocycles. The van der Waals surface area contributed by atoms with Crippen molar-refractivity contribution in [1.82, 2.24) is 9.88 Å². The van der Waals surface area contributed by atoms with E-state index in [0.717, 1.165) is 41.9 Å². The Morgan fingerprint density at radius 2 is 1.74 bits per heavy atom. The van der Waals surface area contributed by atoms with Crippen molar-refractivity contribution in [3.63, 3.8) is 0 Å². The Bertz CT molecular complexity index is 1070. The molecule has 158 valence electrons. The second-order valence-corrected chi connectivity index (χ2v) is 8.24. The van der Waals surface area contributed by atoms with E-state index in [1.807, 2.05) is 41.4 Å². The van der Waals surface area contributed by atoms with Gasteiger partial charge in [-0.15, -0.1) is 0 Å². The van der Waals surface area contributed by atoms with Crippen LogP contribution in [0.4, 0.5) is 0 Å². The summed E-state index contributed by atoms with van der Waals surface area (Å²) in [5.74, 6) is 1.73. The summed E-state index contributed by atoms with van der Waals surface area (Å²) in [6.45, 7) is 2.19. The number of fused-ring (bicyclic) bond motifs is 2. The zero-order valence-corrected chi connectivity index (χ0v) is 17.5. The van der Waals surface area contributed by atoms with Crippen molar-refractivity contribution in [2.75, 3.05) is 13.2 Å². The first kappa shape index (κ1) is 19.6. The molecule has 5 rings (SSSR count). The Balaban J connectivity index is 1.38. The maximum absolute atomic E-state index is 13.7. The summed E-state index contributed by atoms with van der Waals surface area (Å²) in [5, 5.41) is 0. The van der Waals surface area contributed by atoms with E-state index in [4.69, 9.17) is 9.47 Å². The molecule has 3 aromatic rings. The summed E-state index contributed by atoms with van der Waals surface area (Å²) >= 11 is 0. The van der Waals surface area contributed by atoms with Gasteiger partial charge < -0.3 is 14.4 Å². The predicted octanol–water partition coefficient (Wildman–Crippen LogP) is 4.19. The zero-order chi connectivity index (χ0) is 21.0. The maximum atomic E-state index is 13.7. The normalized spacial score (nSPS) is 17.0. The molecule has 0 unspecified atom stereocenters. The quantitative estimate of drug-likeness (QED) is 0.628. The van der Waals surface area contributed by atoms with E-state index in [1.165, 1.54) is 11.1 Å². The van der Waals surface area contributed by atoms with Crippen LogP contribution in [0.1, 0.15) is 28.7 Å². The van der Waals surface area contributed by atoms with Crippen molar-refractivity contribution >= 4 is 5.91 Å². The number of aromatic nitrogens is 1. The molecule has 0 saturated carbocycles. The van der Waals surface area contributed by atoms with Gasteiger partial charge in [0.25, 0.3) is 0 Å². The van der Waals surface area contributed by atoms with Crippen LogP contribution in [0.5, 0.6) is 11.5 Å². The molecule has 0 N–H and O–H groups in total. The summed E-state index contributed by atoms with van der Waals surface area (Å²) < 4.78 is 11.4. The maximum Gasteiger partial charge on any atom is 0.226 e. The average molecular weight is 415 g/mol. The highest BCUT2D eigenvalue weighted by atomic mass is 16.6. The molecule has 5 nitrogen and oxygen atoms in total. The highest BCUT2D eigenvalue weighted by Gasteiger charge is 2.29. The van der Waals surface area contributed by atoms with Crippen molar-refractivity contribution in [1.29, 1.82) is 0 Å². The molecule has 0 bridgehead atoms. The number of carbonyl (C=O) groups is 1. The molecule has 1 amide bonds. The third kappa shape index (κ3) is 4.41. The largest absolute Gasteiger partial charge is 0.486 e. The van der Waals surface area contributed by atoms with Crippen LogP contribution in [0.25, 0.3) is 0 Å². The third-order valence-corrected chi connectivity index (χ3v) is 6.08. The number of nitrogens with zero attached hydrogens (tertiary/aromatic N) is 2. The van der Waals surface area contributed by atoms with Crippen LogP contribution < -0.4 is 9.47 Å². The average Bonchev–Trinajstić information content (AvgIpc) is 2.83. The van der Waals surface area contributed by atoms with Crippen LogP contribution in [0.3, 0.4) is 0 Å². The van der Waals surface area contributed by atoms with E-state index in [2.05, 4.69) is 29.2 Å². The van der Waals surface area contributed by atoms with Crippen LogP contribution in [0.2, 0.25) is 0 Å². The van der Waals surface area contributed by atoms with Gasteiger partial charge in [0, 0.05) is 31.4 Å². The molecule has 1 atom stereocenters. The first-order chi connectivity index (χ1) is 15.3. The lowest BCUT2D eigenvalue weighted by molar-refractivity contribution is -0.137. The molecular weight excluding hydrogens is 388 g/mol. The van der Waals surface area contributed by atoms with Gasteiger partial charge in [-0.3, -0.25) is 9.78 Å². The Kier molecular flexibility index (Phi) is 5.57. The second kappa shape index (κ2) is 8.80. The highest BCUT2D eigenvalue weighted by Crippen LogP contribution is 2.32. The molecule has 2 aromatic carbocycles. The fourth-order valence-electron chi connectivity index (χ4n) is 4.50. The lowest BCUT2D eigenvalue weighted by Crippen LogP contribution is -2.37. The summed E-state index contributed by atoms with van der Waals surface area (Å²) in [7, 11) is 0. The molecule has 0 radical (unpaired) electrons. The Hall–Kier alpha value is -3.34. The first-order valence-electron chi connectivity index (χ1n) is 10.9. The van der Waals surface area contributed by atoms with Gasteiger partial charge >= 0.3 is 0 Å². The predicted molar refractivity (Wildman–Crippen MR) is 118 cm³/mol. The van der Waals surface area contributed by atoms with E-state index < -0.39 is 0 Å². The number of hydrogen-bond acceptors (Lipinski definition) is 4. The SMILES string of the molecule is O=C([C@H]1CCc2ccccc2C1)N(Cc1cccnc1)Cc1ccc2c(c1)OCCO2. The number of pyridine rings is 1. The number of carbonyl (C=O) groups excluding carboxylic acids is 1. The lowest BCUT2D eigenvalue weighted by Gasteiger charge is -2.31. The number of aryl methyl sites for hydroxylation is 1. The molecule has 0 spiro atoms. The lowest BCUT2D eigenvalue weighted by atomic mass is 9.83. The fraction of sp³-hybridized carbons (Fsp3) is 0.308. The summed E-state index contributed by atoms with van der Waals surface area (Å²) in [4.78, 5) is 19.8. The Labute approximate surface area is 182 Å². The van der Waals surface area contributed by atoms with E-state index in [1.54, 1.807) is 6.20 Å². The van der Waals surface area contributed by atoms with Crippen molar-refractivity contribution in [3.8, 4) is 11.5 Å². The van der Waals surface area contributed by atoms with E-state index in [9.17, 15) is 4.79 Å². The van der Waals surface area contributed by atoms with Gasteiger partial charge in [-0.25, -0.2) is 0 Å². The van der Waals surface area contributed by atoms with Crippen molar-refractivity contribution in [2.24, 2.45) is 5.92 Å².